The van der Waals surface area contributed by atoms with Crippen molar-refractivity contribution in [3.63, 3.8) is 0 Å². The highest BCUT2D eigenvalue weighted by Crippen LogP contribution is 2.09. The van der Waals surface area contributed by atoms with Crippen molar-refractivity contribution in [3.8, 4) is 0 Å². The smallest absolute Gasteiger partial charge is 0.223 e. The molecule has 1 atom stereocenters. The first-order chi connectivity index (χ1) is 8.25. The number of likely N-dealkylation sites (N-methyl/N-ethyl adjacent to an activating group) is 1. The number of nitrogens with zero attached hydrogens (tertiary/aromatic N) is 2. The van der Waals surface area contributed by atoms with Crippen LogP contribution in [0.15, 0.2) is 0 Å². The molecule has 2 aliphatic heterocycles. The Bertz CT molecular complexity index is 245. The van der Waals surface area contributed by atoms with Crippen LogP contribution in [0, 0.1) is 0 Å². The molecule has 4 heteroatoms. The predicted molar refractivity (Wildman–Crippen MR) is 69.0 cm³/mol. The molecular formula is C13H25N3O. The van der Waals surface area contributed by atoms with Crippen molar-refractivity contribution >= 4 is 5.91 Å². The molecule has 0 bridgehead atoms. The number of rotatable bonds is 5. The highest BCUT2D eigenvalue weighted by atomic mass is 16.2. The van der Waals surface area contributed by atoms with Gasteiger partial charge in [0.15, 0.2) is 0 Å². The first-order valence-electron chi connectivity index (χ1n) is 6.95. The molecule has 2 heterocycles. The van der Waals surface area contributed by atoms with E-state index in [0.717, 1.165) is 19.6 Å². The van der Waals surface area contributed by atoms with Crippen LogP contribution in [0.2, 0.25) is 0 Å². The fourth-order valence-electron chi connectivity index (χ4n) is 2.80. The lowest BCUT2D eigenvalue weighted by molar-refractivity contribution is -0.130. The zero-order chi connectivity index (χ0) is 12.1. The van der Waals surface area contributed by atoms with Gasteiger partial charge in [-0.1, -0.05) is 0 Å². The Hall–Kier alpha value is -0.610. The number of likely N-dealkylation sites (tertiary alicyclic amines) is 1. The van der Waals surface area contributed by atoms with E-state index in [1.165, 1.54) is 38.8 Å². The highest BCUT2D eigenvalue weighted by Gasteiger charge is 2.19. The largest absolute Gasteiger partial charge is 0.344 e. The molecule has 2 saturated heterocycles. The van der Waals surface area contributed by atoms with Gasteiger partial charge in [-0.3, -0.25) is 4.79 Å². The standard InChI is InChI=1S/C13H25N3O/c1-15(11-12-5-4-7-14-12)13(17)6-10-16-8-2-3-9-16/h12,14H,2-11H2,1H3. The van der Waals surface area contributed by atoms with Gasteiger partial charge in [-0.2, -0.15) is 0 Å². The summed E-state index contributed by atoms with van der Waals surface area (Å²) in [6.07, 6.45) is 5.75. The third-order valence-electron chi connectivity index (χ3n) is 3.92. The zero-order valence-corrected chi connectivity index (χ0v) is 11.0. The van der Waals surface area contributed by atoms with Crippen LogP contribution in [0.25, 0.3) is 0 Å². The van der Waals surface area contributed by atoms with E-state index in [2.05, 4.69) is 10.2 Å². The molecule has 2 rings (SSSR count). The van der Waals surface area contributed by atoms with E-state index in [-0.39, 0.29) is 0 Å². The first kappa shape index (κ1) is 12.8. The average molecular weight is 239 g/mol. The highest BCUT2D eigenvalue weighted by molar-refractivity contribution is 5.76. The van der Waals surface area contributed by atoms with Crippen molar-refractivity contribution in [3.05, 3.63) is 0 Å². The summed E-state index contributed by atoms with van der Waals surface area (Å²) < 4.78 is 0. The molecule has 2 fully saturated rings. The fraction of sp³-hybridized carbons (Fsp3) is 0.923. The summed E-state index contributed by atoms with van der Waals surface area (Å²) in [5, 5.41) is 3.44. The molecule has 1 amide bonds. The molecule has 2 aliphatic rings. The fourth-order valence-corrected chi connectivity index (χ4v) is 2.80. The van der Waals surface area contributed by atoms with Crippen LogP contribution in [-0.4, -0.2) is 61.5 Å². The summed E-state index contributed by atoms with van der Waals surface area (Å²) in [5.74, 6) is 0.297. The summed E-state index contributed by atoms with van der Waals surface area (Å²) in [5.41, 5.74) is 0. The van der Waals surface area contributed by atoms with Crippen molar-refractivity contribution in [2.24, 2.45) is 0 Å². The van der Waals surface area contributed by atoms with Crippen LogP contribution in [0.3, 0.4) is 0 Å². The third kappa shape index (κ3) is 3.96. The van der Waals surface area contributed by atoms with Crippen LogP contribution in [0.4, 0.5) is 0 Å². The van der Waals surface area contributed by atoms with Crippen LogP contribution in [-0.2, 0) is 4.79 Å². The lowest BCUT2D eigenvalue weighted by Crippen LogP contribution is -2.39. The summed E-state index contributed by atoms with van der Waals surface area (Å²) in [6, 6.07) is 0.524. The normalized spacial score (nSPS) is 25.4. The van der Waals surface area contributed by atoms with Crippen molar-refractivity contribution in [2.75, 3.05) is 39.8 Å². The zero-order valence-electron chi connectivity index (χ0n) is 11.0. The second-order valence-corrected chi connectivity index (χ2v) is 5.37. The van der Waals surface area contributed by atoms with Crippen LogP contribution in [0.1, 0.15) is 32.1 Å². The van der Waals surface area contributed by atoms with E-state index in [4.69, 9.17) is 0 Å². The van der Waals surface area contributed by atoms with Gasteiger partial charge in [0, 0.05) is 32.6 Å². The van der Waals surface area contributed by atoms with E-state index in [1.807, 2.05) is 11.9 Å². The minimum Gasteiger partial charge on any atom is -0.344 e. The average Bonchev–Trinajstić information content (AvgIpc) is 2.98. The van der Waals surface area contributed by atoms with Gasteiger partial charge in [-0.15, -0.1) is 0 Å². The van der Waals surface area contributed by atoms with E-state index in [0.29, 0.717) is 18.4 Å². The monoisotopic (exact) mass is 239 g/mol. The van der Waals surface area contributed by atoms with Crippen LogP contribution in [0.5, 0.6) is 0 Å². The Morgan fingerprint density at radius 1 is 1.35 bits per heavy atom. The lowest BCUT2D eigenvalue weighted by Gasteiger charge is -2.22. The molecular weight excluding hydrogens is 214 g/mol. The van der Waals surface area contributed by atoms with Crippen molar-refractivity contribution < 1.29 is 4.79 Å². The topological polar surface area (TPSA) is 35.6 Å². The molecule has 17 heavy (non-hydrogen) atoms. The molecule has 98 valence electrons. The van der Waals surface area contributed by atoms with E-state index >= 15 is 0 Å². The Morgan fingerprint density at radius 2 is 2.12 bits per heavy atom. The Labute approximate surface area is 104 Å². The minimum absolute atomic E-state index is 0.297. The SMILES string of the molecule is CN(CC1CCCN1)C(=O)CCN1CCCC1. The summed E-state index contributed by atoms with van der Waals surface area (Å²) in [7, 11) is 1.94. The molecule has 0 aromatic carbocycles. The molecule has 0 aromatic rings. The molecule has 1 N–H and O–H groups in total. The van der Waals surface area contributed by atoms with Crippen molar-refractivity contribution in [2.45, 2.75) is 38.1 Å². The number of hydrogen-bond acceptors (Lipinski definition) is 3. The van der Waals surface area contributed by atoms with E-state index in [1.54, 1.807) is 0 Å². The second-order valence-electron chi connectivity index (χ2n) is 5.37. The second kappa shape index (κ2) is 6.36. The van der Waals surface area contributed by atoms with Crippen LogP contribution >= 0.6 is 0 Å². The van der Waals surface area contributed by atoms with Gasteiger partial charge in [0.25, 0.3) is 0 Å². The summed E-state index contributed by atoms with van der Waals surface area (Å²) in [4.78, 5) is 16.3. The Kier molecular flexibility index (Phi) is 4.80. The van der Waals surface area contributed by atoms with Gasteiger partial charge in [0.2, 0.25) is 5.91 Å². The molecule has 0 aliphatic carbocycles. The number of hydrogen-bond donors (Lipinski definition) is 1. The molecule has 0 saturated carbocycles. The minimum atomic E-state index is 0.297. The van der Waals surface area contributed by atoms with Crippen molar-refractivity contribution in [1.29, 1.82) is 0 Å². The number of carbonyl (C=O) groups excluding carboxylic acids is 1. The molecule has 0 radical (unpaired) electrons. The molecule has 0 aromatic heterocycles. The summed E-state index contributed by atoms with van der Waals surface area (Å²) in [6.45, 7) is 5.29. The molecule has 0 spiro atoms. The summed E-state index contributed by atoms with van der Waals surface area (Å²) >= 11 is 0. The van der Waals surface area contributed by atoms with Gasteiger partial charge in [0.1, 0.15) is 0 Å². The van der Waals surface area contributed by atoms with E-state index < -0.39 is 0 Å². The number of nitrogens with one attached hydrogen (secondary N) is 1. The third-order valence-corrected chi connectivity index (χ3v) is 3.92. The van der Waals surface area contributed by atoms with Gasteiger partial charge in [-0.25, -0.2) is 0 Å². The van der Waals surface area contributed by atoms with Gasteiger partial charge in [-0.05, 0) is 45.3 Å². The maximum absolute atomic E-state index is 12.0. The van der Waals surface area contributed by atoms with Gasteiger partial charge in [0.05, 0.1) is 0 Å². The number of amides is 1. The molecule has 1 unspecified atom stereocenters. The lowest BCUT2D eigenvalue weighted by atomic mass is 10.2. The first-order valence-corrected chi connectivity index (χ1v) is 6.95. The quantitative estimate of drug-likeness (QED) is 0.766. The number of carbonyl (C=O) groups is 1. The predicted octanol–water partition coefficient (Wildman–Crippen LogP) is 0.683. The Balaban J connectivity index is 1.63. The van der Waals surface area contributed by atoms with Gasteiger partial charge >= 0.3 is 0 Å². The maximum atomic E-state index is 12.0. The molecule has 4 nitrogen and oxygen atoms in total. The van der Waals surface area contributed by atoms with E-state index in [9.17, 15) is 4.79 Å². The Morgan fingerprint density at radius 3 is 2.76 bits per heavy atom. The van der Waals surface area contributed by atoms with Crippen LogP contribution < -0.4 is 5.32 Å². The maximum Gasteiger partial charge on any atom is 0.223 e. The van der Waals surface area contributed by atoms with Crippen molar-refractivity contribution in [1.82, 2.24) is 15.1 Å². The van der Waals surface area contributed by atoms with Gasteiger partial charge < -0.3 is 15.1 Å².